The number of aromatic amines is 1. The number of carbonyl (C=O) groups is 1. The van der Waals surface area contributed by atoms with Gasteiger partial charge in [0.1, 0.15) is 11.5 Å². The number of nitrogens with one attached hydrogen (secondary N) is 2. The van der Waals surface area contributed by atoms with Crippen LogP contribution in [0.1, 0.15) is 11.1 Å². The molecule has 2 aromatic carbocycles. The Balaban J connectivity index is 1.31. The highest BCUT2D eigenvalue weighted by Crippen LogP contribution is 2.32. The number of amides is 1. The maximum atomic E-state index is 12.6. The fourth-order valence-corrected chi connectivity index (χ4v) is 4.31. The molecule has 5 rings (SSSR count). The van der Waals surface area contributed by atoms with Crippen molar-refractivity contribution in [2.24, 2.45) is 0 Å². The first-order valence-corrected chi connectivity index (χ1v) is 10.2. The molecule has 1 aliphatic rings. The van der Waals surface area contributed by atoms with E-state index in [9.17, 15) is 4.79 Å². The van der Waals surface area contributed by atoms with Crippen LogP contribution < -0.4 is 14.8 Å². The smallest absolute Gasteiger partial charge is 0.230 e. The molecule has 2 aromatic heterocycles. The van der Waals surface area contributed by atoms with E-state index in [1.54, 1.807) is 7.11 Å². The predicted octanol–water partition coefficient (Wildman–Crippen LogP) is 4.42. The molecule has 0 aliphatic carbocycles. The number of hydrogen-bond acceptors (Lipinski definition) is 5. The number of thiazole rings is 1. The average Bonchev–Trinajstić information content (AvgIpc) is 3.47. The van der Waals surface area contributed by atoms with E-state index < -0.39 is 0 Å². The number of carbonyl (C=O) groups excluding carboxylic acids is 1. The molecule has 1 amide bonds. The molecular formula is C22H19N3O3S. The van der Waals surface area contributed by atoms with Gasteiger partial charge in [-0.3, -0.25) is 4.79 Å². The lowest BCUT2D eigenvalue weighted by atomic mass is 10.1. The second-order valence-electron chi connectivity index (χ2n) is 6.91. The van der Waals surface area contributed by atoms with E-state index in [-0.39, 0.29) is 12.3 Å². The van der Waals surface area contributed by atoms with Gasteiger partial charge in [-0.05, 0) is 47.5 Å². The van der Waals surface area contributed by atoms with Gasteiger partial charge in [-0.2, -0.15) is 0 Å². The first-order chi connectivity index (χ1) is 14.2. The van der Waals surface area contributed by atoms with Gasteiger partial charge in [0.2, 0.25) is 5.91 Å². The third-order valence-electron chi connectivity index (χ3n) is 5.06. The summed E-state index contributed by atoms with van der Waals surface area (Å²) in [5.41, 5.74) is 5.00. The minimum Gasteiger partial charge on any atom is -0.497 e. The average molecular weight is 405 g/mol. The second kappa shape index (κ2) is 7.25. The minimum atomic E-state index is -0.100. The number of nitrogens with zero attached hydrogens (tertiary/aromatic N) is 1. The Morgan fingerprint density at radius 1 is 1.31 bits per heavy atom. The Hall–Kier alpha value is -3.32. The number of benzene rings is 2. The molecule has 0 atom stereocenters. The summed E-state index contributed by atoms with van der Waals surface area (Å²) in [6.45, 7) is 0.733. The van der Waals surface area contributed by atoms with Crippen molar-refractivity contribution in [3.63, 3.8) is 0 Å². The molecule has 0 saturated carbocycles. The topological polar surface area (TPSA) is 76.2 Å². The molecule has 0 saturated heterocycles. The van der Waals surface area contributed by atoms with Crippen LogP contribution in [0.5, 0.6) is 11.5 Å². The lowest BCUT2D eigenvalue weighted by Crippen LogP contribution is -2.14. The predicted molar refractivity (Wildman–Crippen MR) is 114 cm³/mol. The largest absolute Gasteiger partial charge is 0.497 e. The summed E-state index contributed by atoms with van der Waals surface area (Å²) < 4.78 is 10.8. The van der Waals surface area contributed by atoms with Gasteiger partial charge >= 0.3 is 0 Å². The zero-order valence-electron chi connectivity index (χ0n) is 15.8. The molecular weight excluding hydrogens is 386 g/mol. The molecule has 0 unspecified atom stereocenters. The molecule has 1 aliphatic heterocycles. The molecule has 0 fully saturated rings. The van der Waals surface area contributed by atoms with E-state index in [1.807, 2.05) is 41.9 Å². The highest BCUT2D eigenvalue weighted by molar-refractivity contribution is 7.14. The quantitative estimate of drug-likeness (QED) is 0.515. The monoisotopic (exact) mass is 405 g/mol. The van der Waals surface area contributed by atoms with Gasteiger partial charge in [-0.1, -0.05) is 0 Å². The fraction of sp³-hybridized carbons (Fsp3) is 0.182. The molecule has 6 nitrogen and oxygen atoms in total. The first-order valence-electron chi connectivity index (χ1n) is 9.35. The number of ether oxygens (including phenoxy) is 2. The van der Waals surface area contributed by atoms with E-state index in [0.29, 0.717) is 5.13 Å². The summed E-state index contributed by atoms with van der Waals surface area (Å²) in [7, 11) is 1.63. The highest BCUT2D eigenvalue weighted by Gasteiger charge is 2.15. The number of aromatic nitrogens is 2. The number of anilines is 1. The third kappa shape index (κ3) is 3.45. The summed E-state index contributed by atoms with van der Waals surface area (Å²) in [6.07, 6.45) is 3.05. The molecule has 2 N–H and O–H groups in total. The number of hydrogen-bond donors (Lipinski definition) is 2. The van der Waals surface area contributed by atoms with Gasteiger partial charge in [0, 0.05) is 34.5 Å². The molecule has 7 heteroatoms. The van der Waals surface area contributed by atoms with Gasteiger partial charge in [-0.15, -0.1) is 11.3 Å². The SMILES string of the molecule is COc1ccc2[nH]cc(CC(=O)Nc3nc(-c4ccc5c(c4)CCO5)cs3)c2c1. The van der Waals surface area contributed by atoms with E-state index in [0.717, 1.165) is 52.3 Å². The van der Waals surface area contributed by atoms with E-state index in [1.165, 1.54) is 16.9 Å². The Kier molecular flexibility index (Phi) is 4.44. The minimum absolute atomic E-state index is 0.100. The van der Waals surface area contributed by atoms with Crippen molar-refractivity contribution < 1.29 is 14.3 Å². The molecule has 3 heterocycles. The maximum Gasteiger partial charge on any atom is 0.230 e. The van der Waals surface area contributed by atoms with E-state index in [4.69, 9.17) is 9.47 Å². The van der Waals surface area contributed by atoms with E-state index >= 15 is 0 Å². The standard InChI is InChI=1S/C22H19N3O3S/c1-27-16-3-4-18-17(10-16)15(11-23-18)9-21(26)25-22-24-19(12-29-22)13-2-5-20-14(8-13)6-7-28-20/h2-5,8,10-12,23H,6-7,9H2,1H3,(H,24,25,26). The lowest BCUT2D eigenvalue weighted by Gasteiger charge is -2.03. The van der Waals surface area contributed by atoms with Crippen LogP contribution >= 0.6 is 11.3 Å². The lowest BCUT2D eigenvalue weighted by molar-refractivity contribution is -0.115. The van der Waals surface area contributed by atoms with Crippen LogP contribution in [-0.4, -0.2) is 29.6 Å². The van der Waals surface area contributed by atoms with Gasteiger partial charge in [0.15, 0.2) is 5.13 Å². The molecule has 29 heavy (non-hydrogen) atoms. The van der Waals surface area contributed by atoms with Gasteiger partial charge in [0.05, 0.1) is 25.8 Å². The Morgan fingerprint density at radius 2 is 2.24 bits per heavy atom. The normalized spacial score (nSPS) is 12.6. The van der Waals surface area contributed by atoms with Crippen molar-refractivity contribution in [2.45, 2.75) is 12.8 Å². The van der Waals surface area contributed by atoms with Crippen LogP contribution in [0.2, 0.25) is 0 Å². The Labute approximate surface area is 171 Å². The van der Waals surface area contributed by atoms with Crippen molar-refractivity contribution in [2.75, 3.05) is 19.0 Å². The van der Waals surface area contributed by atoms with Crippen molar-refractivity contribution in [1.29, 1.82) is 0 Å². The van der Waals surface area contributed by atoms with Crippen molar-refractivity contribution in [3.8, 4) is 22.8 Å². The summed E-state index contributed by atoms with van der Waals surface area (Å²) in [5.74, 6) is 1.62. The zero-order valence-corrected chi connectivity index (χ0v) is 16.6. The maximum absolute atomic E-state index is 12.6. The van der Waals surface area contributed by atoms with Crippen molar-refractivity contribution in [1.82, 2.24) is 9.97 Å². The van der Waals surface area contributed by atoms with Crippen molar-refractivity contribution in [3.05, 3.63) is 59.1 Å². The summed E-state index contributed by atoms with van der Waals surface area (Å²) in [5, 5.41) is 6.46. The molecule has 146 valence electrons. The number of fused-ring (bicyclic) bond motifs is 2. The molecule has 0 bridgehead atoms. The Bertz CT molecular complexity index is 1210. The number of methoxy groups -OCH3 is 1. The second-order valence-corrected chi connectivity index (χ2v) is 7.77. The summed E-state index contributed by atoms with van der Waals surface area (Å²) >= 11 is 1.43. The highest BCUT2D eigenvalue weighted by atomic mass is 32.1. The van der Waals surface area contributed by atoms with Crippen LogP contribution in [0.3, 0.4) is 0 Å². The van der Waals surface area contributed by atoms with Crippen molar-refractivity contribution >= 4 is 33.3 Å². The number of H-pyrrole nitrogens is 1. The third-order valence-corrected chi connectivity index (χ3v) is 5.82. The number of rotatable bonds is 5. The van der Waals surface area contributed by atoms with Crippen LogP contribution in [0.25, 0.3) is 22.2 Å². The molecule has 4 aromatic rings. The first kappa shape index (κ1) is 17.8. The van der Waals surface area contributed by atoms with Crippen LogP contribution in [0.4, 0.5) is 5.13 Å². The van der Waals surface area contributed by atoms with Crippen LogP contribution in [0.15, 0.2) is 48.0 Å². The van der Waals surface area contributed by atoms with E-state index in [2.05, 4.69) is 21.4 Å². The fourth-order valence-electron chi connectivity index (χ4n) is 3.58. The summed E-state index contributed by atoms with van der Waals surface area (Å²) in [4.78, 5) is 20.3. The van der Waals surface area contributed by atoms with Gasteiger partial charge < -0.3 is 19.8 Å². The zero-order chi connectivity index (χ0) is 19.8. The van der Waals surface area contributed by atoms with Crippen LogP contribution in [0, 0.1) is 0 Å². The summed E-state index contributed by atoms with van der Waals surface area (Å²) in [6, 6.07) is 11.9. The Morgan fingerprint density at radius 3 is 3.14 bits per heavy atom. The molecule has 0 spiro atoms. The molecule has 0 radical (unpaired) electrons. The van der Waals surface area contributed by atoms with Crippen LogP contribution in [-0.2, 0) is 17.6 Å². The van der Waals surface area contributed by atoms with Gasteiger partial charge in [0.25, 0.3) is 0 Å². The van der Waals surface area contributed by atoms with Gasteiger partial charge in [-0.25, -0.2) is 4.98 Å².